The van der Waals surface area contributed by atoms with Crippen LogP contribution in [0.3, 0.4) is 0 Å². The second-order valence-corrected chi connectivity index (χ2v) is 1.58. The summed E-state index contributed by atoms with van der Waals surface area (Å²) in [5.74, 6) is 0. The molecule has 0 saturated heterocycles. The third kappa shape index (κ3) is 2.02. The van der Waals surface area contributed by atoms with E-state index in [1.807, 2.05) is 6.92 Å². The van der Waals surface area contributed by atoms with Crippen molar-refractivity contribution in [2.75, 3.05) is 0 Å². The highest BCUT2D eigenvalue weighted by molar-refractivity contribution is 5.82. The molecular formula is C8H10N+. The van der Waals surface area contributed by atoms with Crippen molar-refractivity contribution in [1.29, 1.82) is 5.41 Å². The van der Waals surface area contributed by atoms with Gasteiger partial charge in [-0.1, -0.05) is 6.08 Å². The van der Waals surface area contributed by atoms with Gasteiger partial charge in [0.05, 0.1) is 5.57 Å². The smallest absolute Gasteiger partial charge is 0.159 e. The van der Waals surface area contributed by atoms with Crippen LogP contribution in [0.15, 0.2) is 29.9 Å². The largest absolute Gasteiger partial charge is 0.306 e. The first kappa shape index (κ1) is 7.80. The number of hydrogen-bond donors (Lipinski definition) is 1. The van der Waals surface area contributed by atoms with Crippen LogP contribution in [0.5, 0.6) is 0 Å². The summed E-state index contributed by atoms with van der Waals surface area (Å²) in [7, 11) is 0. The van der Waals surface area contributed by atoms with E-state index < -0.39 is 0 Å². The molecule has 0 aliphatic carbocycles. The molecule has 0 aromatic heterocycles. The Morgan fingerprint density at radius 3 is 2.33 bits per heavy atom. The monoisotopic (exact) mass is 120 g/mol. The highest BCUT2D eigenvalue weighted by atomic mass is 14.3. The van der Waals surface area contributed by atoms with Crippen molar-refractivity contribution in [3.8, 4) is 0 Å². The summed E-state index contributed by atoms with van der Waals surface area (Å²) in [6, 6.07) is 0. The molecule has 1 N–H and O–H groups in total. The molecule has 0 aromatic carbocycles. The zero-order valence-corrected chi connectivity index (χ0v) is 5.52. The molecule has 0 fully saturated rings. The predicted octanol–water partition coefficient (Wildman–Crippen LogP) is 2.13. The van der Waals surface area contributed by atoms with E-state index in [1.54, 1.807) is 6.08 Å². The summed E-state index contributed by atoms with van der Waals surface area (Å²) in [6.07, 6.45) is 4.41. The van der Waals surface area contributed by atoms with Crippen LogP contribution in [0.1, 0.15) is 6.92 Å². The molecule has 46 valence electrons. The summed E-state index contributed by atoms with van der Waals surface area (Å²) < 4.78 is 0. The molecule has 1 heteroatoms. The van der Waals surface area contributed by atoms with Crippen LogP contribution in [0.4, 0.5) is 0 Å². The van der Waals surface area contributed by atoms with Crippen molar-refractivity contribution in [2.24, 2.45) is 0 Å². The van der Waals surface area contributed by atoms with E-state index in [0.29, 0.717) is 5.57 Å². The van der Waals surface area contributed by atoms with Gasteiger partial charge >= 0.3 is 0 Å². The fraction of sp³-hybridized carbons (Fsp3) is 0.125. The molecule has 0 aromatic rings. The molecule has 0 aliphatic rings. The Kier molecular flexibility index (Phi) is 3.26. The average molecular weight is 120 g/mol. The molecule has 0 heterocycles. The minimum absolute atomic E-state index is 0.688. The molecule has 0 aliphatic heterocycles. The van der Waals surface area contributed by atoms with Gasteiger partial charge in [-0.25, -0.2) is 0 Å². The summed E-state index contributed by atoms with van der Waals surface area (Å²) in [5.41, 5.74) is 1.45. The van der Waals surface area contributed by atoms with E-state index >= 15 is 0 Å². The van der Waals surface area contributed by atoms with E-state index in [2.05, 4.69) is 6.58 Å². The van der Waals surface area contributed by atoms with Crippen molar-refractivity contribution in [3.63, 3.8) is 0 Å². The van der Waals surface area contributed by atoms with Gasteiger partial charge in [-0.05, 0) is 13.5 Å². The molecule has 0 spiro atoms. The van der Waals surface area contributed by atoms with Gasteiger partial charge in [-0.2, -0.15) is 0 Å². The van der Waals surface area contributed by atoms with E-state index in [4.69, 9.17) is 12.0 Å². The first-order valence-electron chi connectivity index (χ1n) is 2.67. The Morgan fingerprint density at radius 1 is 1.67 bits per heavy atom. The second kappa shape index (κ2) is 3.76. The maximum atomic E-state index is 6.86. The van der Waals surface area contributed by atoms with Gasteiger partial charge in [-0.15, -0.1) is 0 Å². The van der Waals surface area contributed by atoms with Crippen LogP contribution in [-0.2, 0) is 0 Å². The van der Waals surface area contributed by atoms with Gasteiger partial charge in [-0.3, -0.25) is 0 Å². The molecule has 9 heavy (non-hydrogen) atoms. The van der Waals surface area contributed by atoms with E-state index in [-0.39, 0.29) is 0 Å². The fourth-order valence-electron chi connectivity index (χ4n) is 0.458. The minimum Gasteiger partial charge on any atom is -0.306 e. The predicted molar refractivity (Wildman–Crippen MR) is 40.6 cm³/mol. The first-order chi connectivity index (χ1) is 4.26. The van der Waals surface area contributed by atoms with Crippen LogP contribution in [0.2, 0.25) is 0 Å². The third-order valence-corrected chi connectivity index (χ3v) is 1.04. The van der Waals surface area contributed by atoms with Gasteiger partial charge in [0.15, 0.2) is 6.08 Å². The molecule has 0 amide bonds. The van der Waals surface area contributed by atoms with E-state index in [9.17, 15) is 0 Å². The molecule has 0 unspecified atom stereocenters. The lowest BCUT2D eigenvalue weighted by molar-refractivity contribution is 1.51. The van der Waals surface area contributed by atoms with Gasteiger partial charge < -0.3 is 5.41 Å². The zero-order valence-electron chi connectivity index (χ0n) is 5.52. The minimum atomic E-state index is 0.688. The quantitative estimate of drug-likeness (QED) is 0.335. The molecule has 0 saturated carbocycles. The standard InChI is InChI=1S/C8H10N/c1-4-7(3)8(5-2)6-9/h1,4-6,9H,3H2,2H3/q+1/b8-5+,9-6?. The van der Waals surface area contributed by atoms with Crippen molar-refractivity contribution in [1.82, 2.24) is 0 Å². The maximum Gasteiger partial charge on any atom is 0.159 e. The number of rotatable bonds is 3. The van der Waals surface area contributed by atoms with E-state index in [1.165, 1.54) is 12.3 Å². The Labute approximate surface area is 55.9 Å². The van der Waals surface area contributed by atoms with Crippen molar-refractivity contribution >= 4 is 6.21 Å². The van der Waals surface area contributed by atoms with Crippen LogP contribution in [0, 0.1) is 12.0 Å². The SMILES string of the molecule is [CH+]=CC(=C)/C(C=N)=C/C. The lowest BCUT2D eigenvalue weighted by atomic mass is 10.1. The molecule has 0 radical (unpaired) electrons. The summed E-state index contributed by atoms with van der Waals surface area (Å²) in [6.45, 7) is 10.6. The van der Waals surface area contributed by atoms with Crippen LogP contribution >= 0.6 is 0 Å². The normalized spacial score (nSPS) is 10.4. The summed E-state index contributed by atoms with van der Waals surface area (Å²) in [4.78, 5) is 0. The number of nitrogens with one attached hydrogen (secondary N) is 1. The van der Waals surface area contributed by atoms with Gasteiger partial charge in [0.2, 0.25) is 0 Å². The Bertz CT molecular complexity index is 163. The van der Waals surface area contributed by atoms with Gasteiger partial charge in [0, 0.05) is 12.8 Å². The number of allylic oxidation sites excluding steroid dienone is 4. The lowest BCUT2D eigenvalue weighted by Crippen LogP contribution is -1.83. The van der Waals surface area contributed by atoms with Crippen molar-refractivity contribution < 1.29 is 0 Å². The zero-order chi connectivity index (χ0) is 7.28. The molecule has 0 bridgehead atoms. The van der Waals surface area contributed by atoms with Crippen molar-refractivity contribution in [3.05, 3.63) is 36.5 Å². The summed E-state index contributed by atoms with van der Waals surface area (Å²) >= 11 is 0. The Hall–Kier alpha value is -1.20. The lowest BCUT2D eigenvalue weighted by Gasteiger charge is -1.85. The highest BCUT2D eigenvalue weighted by Crippen LogP contribution is 2.03. The highest BCUT2D eigenvalue weighted by Gasteiger charge is 1.99. The Morgan fingerprint density at radius 2 is 2.22 bits per heavy atom. The Balaban J connectivity index is 4.31. The van der Waals surface area contributed by atoms with E-state index in [0.717, 1.165) is 5.57 Å². The topological polar surface area (TPSA) is 23.9 Å². The first-order valence-corrected chi connectivity index (χ1v) is 2.67. The van der Waals surface area contributed by atoms with Crippen LogP contribution in [0.25, 0.3) is 0 Å². The van der Waals surface area contributed by atoms with Crippen LogP contribution < -0.4 is 0 Å². The molecule has 0 atom stereocenters. The fourth-order valence-corrected chi connectivity index (χ4v) is 0.458. The van der Waals surface area contributed by atoms with Crippen molar-refractivity contribution in [2.45, 2.75) is 6.92 Å². The second-order valence-electron chi connectivity index (χ2n) is 1.58. The van der Waals surface area contributed by atoms with Crippen LogP contribution in [-0.4, -0.2) is 6.21 Å². The number of hydrogen-bond acceptors (Lipinski definition) is 1. The average Bonchev–Trinajstić information content (AvgIpc) is 1.90. The molecule has 0 rings (SSSR count). The molecular weight excluding hydrogens is 110 g/mol. The third-order valence-electron chi connectivity index (χ3n) is 1.04. The summed E-state index contributed by atoms with van der Waals surface area (Å²) in [5, 5.41) is 6.86. The van der Waals surface area contributed by atoms with Gasteiger partial charge in [0.1, 0.15) is 5.57 Å². The maximum absolute atomic E-state index is 6.86. The molecule has 1 nitrogen and oxygen atoms in total. The van der Waals surface area contributed by atoms with Gasteiger partial charge in [0.25, 0.3) is 0 Å².